The molecule has 5 nitrogen and oxygen atoms in total. The number of hydrogen-bond acceptors (Lipinski definition) is 5. The molecule has 2 aromatic rings. The minimum Gasteiger partial charge on any atom is -0.370 e. The number of hydrogen-bond donors (Lipinski definition) is 1. The molecule has 0 aromatic carbocycles. The Morgan fingerprint density at radius 3 is 2.67 bits per heavy atom. The molecule has 0 atom stereocenters. The molecular weight excluding hydrogens is 262 g/mol. The molecule has 1 N–H and O–H groups in total. The van der Waals surface area contributed by atoms with Crippen LogP contribution in [0.2, 0.25) is 0 Å². The summed E-state index contributed by atoms with van der Waals surface area (Å²) < 4.78 is 0. The van der Waals surface area contributed by atoms with Crippen molar-refractivity contribution in [1.29, 1.82) is 0 Å². The molecule has 0 radical (unpaired) electrons. The molecule has 0 spiro atoms. The molecule has 0 aliphatic heterocycles. The zero-order chi connectivity index (χ0) is 15.2. The Kier molecular flexibility index (Phi) is 5.09. The SMILES string of the molecule is CCCNc1cc(N(C)Cc2cccc(C)n2)nc(C)n1. The number of nitrogens with one attached hydrogen (secondary N) is 1. The van der Waals surface area contributed by atoms with Gasteiger partial charge in [-0.25, -0.2) is 9.97 Å². The average Bonchev–Trinajstić information content (AvgIpc) is 2.44. The first-order valence-corrected chi connectivity index (χ1v) is 7.31. The van der Waals surface area contributed by atoms with Crippen LogP contribution in [-0.2, 0) is 6.54 Å². The van der Waals surface area contributed by atoms with Crippen molar-refractivity contribution in [3.05, 3.63) is 41.5 Å². The van der Waals surface area contributed by atoms with E-state index in [0.717, 1.165) is 48.4 Å². The van der Waals surface area contributed by atoms with Gasteiger partial charge in [0, 0.05) is 25.4 Å². The largest absolute Gasteiger partial charge is 0.370 e. The lowest BCUT2D eigenvalue weighted by atomic mass is 10.3. The summed E-state index contributed by atoms with van der Waals surface area (Å²) >= 11 is 0. The number of rotatable bonds is 6. The van der Waals surface area contributed by atoms with Gasteiger partial charge < -0.3 is 10.2 Å². The van der Waals surface area contributed by atoms with Gasteiger partial charge in [0.1, 0.15) is 17.5 Å². The Balaban J connectivity index is 2.14. The highest BCUT2D eigenvalue weighted by Crippen LogP contribution is 2.16. The van der Waals surface area contributed by atoms with E-state index in [1.165, 1.54) is 0 Å². The lowest BCUT2D eigenvalue weighted by Gasteiger charge is -2.19. The van der Waals surface area contributed by atoms with Crippen LogP contribution in [0.15, 0.2) is 24.3 Å². The Bertz CT molecular complexity index is 597. The normalized spacial score (nSPS) is 10.5. The number of pyridine rings is 1. The highest BCUT2D eigenvalue weighted by atomic mass is 15.2. The Morgan fingerprint density at radius 2 is 1.95 bits per heavy atom. The van der Waals surface area contributed by atoms with E-state index in [-0.39, 0.29) is 0 Å². The highest BCUT2D eigenvalue weighted by Gasteiger charge is 2.08. The van der Waals surface area contributed by atoms with Crippen molar-refractivity contribution in [2.75, 3.05) is 23.8 Å². The predicted octanol–water partition coefficient (Wildman–Crippen LogP) is 2.95. The smallest absolute Gasteiger partial charge is 0.134 e. The maximum atomic E-state index is 4.53. The minimum absolute atomic E-state index is 0.728. The maximum absolute atomic E-state index is 4.53. The molecule has 2 rings (SSSR count). The second-order valence-electron chi connectivity index (χ2n) is 5.21. The van der Waals surface area contributed by atoms with Gasteiger partial charge in [-0.15, -0.1) is 0 Å². The summed E-state index contributed by atoms with van der Waals surface area (Å²) in [6.45, 7) is 7.70. The zero-order valence-corrected chi connectivity index (χ0v) is 13.2. The van der Waals surface area contributed by atoms with Gasteiger partial charge in [0.15, 0.2) is 0 Å². The van der Waals surface area contributed by atoms with Gasteiger partial charge in [-0.1, -0.05) is 13.0 Å². The Morgan fingerprint density at radius 1 is 1.14 bits per heavy atom. The van der Waals surface area contributed by atoms with Crippen LogP contribution in [0.4, 0.5) is 11.6 Å². The van der Waals surface area contributed by atoms with Crippen molar-refractivity contribution >= 4 is 11.6 Å². The van der Waals surface area contributed by atoms with Crippen molar-refractivity contribution in [3.63, 3.8) is 0 Å². The van der Waals surface area contributed by atoms with Crippen LogP contribution < -0.4 is 10.2 Å². The molecule has 2 aromatic heterocycles. The van der Waals surface area contributed by atoms with Crippen LogP contribution in [0.5, 0.6) is 0 Å². The van der Waals surface area contributed by atoms with Crippen molar-refractivity contribution in [2.45, 2.75) is 33.7 Å². The van der Waals surface area contributed by atoms with Crippen LogP contribution in [0.3, 0.4) is 0 Å². The average molecular weight is 285 g/mol. The third kappa shape index (κ3) is 4.41. The molecule has 0 saturated heterocycles. The van der Waals surface area contributed by atoms with E-state index in [4.69, 9.17) is 0 Å². The van der Waals surface area contributed by atoms with Gasteiger partial charge in [-0.2, -0.15) is 0 Å². The number of aryl methyl sites for hydroxylation is 2. The standard InChI is InChI=1S/C16H23N5/c1-5-9-17-15-10-16(20-13(3)19-15)21(4)11-14-8-6-7-12(2)18-14/h6-8,10H,5,9,11H2,1-4H3,(H,17,19,20). The molecule has 0 unspecified atom stereocenters. The van der Waals surface area contributed by atoms with Crippen LogP contribution in [0.1, 0.15) is 30.6 Å². The van der Waals surface area contributed by atoms with Crippen molar-refractivity contribution in [1.82, 2.24) is 15.0 Å². The van der Waals surface area contributed by atoms with E-state index in [9.17, 15) is 0 Å². The first kappa shape index (κ1) is 15.2. The first-order valence-electron chi connectivity index (χ1n) is 7.31. The van der Waals surface area contributed by atoms with Gasteiger partial charge in [0.05, 0.1) is 12.2 Å². The van der Waals surface area contributed by atoms with E-state index < -0.39 is 0 Å². The highest BCUT2D eigenvalue weighted by molar-refractivity contribution is 5.49. The number of nitrogens with zero attached hydrogens (tertiary/aromatic N) is 4. The molecule has 0 fully saturated rings. The third-order valence-corrected chi connectivity index (χ3v) is 3.12. The third-order valence-electron chi connectivity index (χ3n) is 3.12. The van der Waals surface area contributed by atoms with Crippen molar-refractivity contribution in [2.24, 2.45) is 0 Å². The first-order chi connectivity index (χ1) is 10.1. The second kappa shape index (κ2) is 7.02. The van der Waals surface area contributed by atoms with E-state index in [0.29, 0.717) is 0 Å². The number of aromatic nitrogens is 3. The van der Waals surface area contributed by atoms with E-state index in [1.807, 2.05) is 45.2 Å². The summed E-state index contributed by atoms with van der Waals surface area (Å²) in [6.07, 6.45) is 1.07. The fourth-order valence-corrected chi connectivity index (χ4v) is 2.10. The molecular formula is C16H23N5. The lowest BCUT2D eigenvalue weighted by molar-refractivity contribution is 0.846. The molecule has 5 heteroatoms. The summed E-state index contributed by atoms with van der Waals surface area (Å²) in [5.74, 6) is 2.56. The van der Waals surface area contributed by atoms with Crippen LogP contribution in [0.25, 0.3) is 0 Å². The lowest BCUT2D eigenvalue weighted by Crippen LogP contribution is -2.19. The maximum Gasteiger partial charge on any atom is 0.134 e. The summed E-state index contributed by atoms with van der Waals surface area (Å²) in [5, 5.41) is 3.31. The van der Waals surface area contributed by atoms with Crippen LogP contribution >= 0.6 is 0 Å². The van der Waals surface area contributed by atoms with E-state index in [2.05, 4.69) is 32.1 Å². The molecule has 0 aliphatic rings. The second-order valence-corrected chi connectivity index (χ2v) is 5.21. The fraction of sp³-hybridized carbons (Fsp3) is 0.438. The summed E-state index contributed by atoms with van der Waals surface area (Å²) in [6, 6.07) is 8.06. The monoisotopic (exact) mass is 285 g/mol. The quantitative estimate of drug-likeness (QED) is 0.884. The summed E-state index contributed by atoms with van der Waals surface area (Å²) in [7, 11) is 2.02. The minimum atomic E-state index is 0.728. The van der Waals surface area contributed by atoms with E-state index >= 15 is 0 Å². The molecule has 21 heavy (non-hydrogen) atoms. The zero-order valence-electron chi connectivity index (χ0n) is 13.2. The fourth-order valence-electron chi connectivity index (χ4n) is 2.10. The van der Waals surface area contributed by atoms with Gasteiger partial charge in [-0.3, -0.25) is 4.98 Å². The van der Waals surface area contributed by atoms with Crippen LogP contribution in [-0.4, -0.2) is 28.5 Å². The van der Waals surface area contributed by atoms with Crippen molar-refractivity contribution in [3.8, 4) is 0 Å². The molecule has 2 heterocycles. The van der Waals surface area contributed by atoms with Crippen molar-refractivity contribution < 1.29 is 0 Å². The predicted molar refractivity (Wildman–Crippen MR) is 86.6 cm³/mol. The Labute approximate surface area is 126 Å². The van der Waals surface area contributed by atoms with Gasteiger partial charge in [-0.05, 0) is 32.4 Å². The molecule has 0 aliphatic carbocycles. The molecule has 0 saturated carbocycles. The molecule has 0 amide bonds. The van der Waals surface area contributed by atoms with Crippen LogP contribution in [0, 0.1) is 13.8 Å². The Hall–Kier alpha value is -2.17. The van der Waals surface area contributed by atoms with E-state index in [1.54, 1.807) is 0 Å². The topological polar surface area (TPSA) is 53.9 Å². The van der Waals surface area contributed by atoms with Gasteiger partial charge in [0.25, 0.3) is 0 Å². The molecule has 0 bridgehead atoms. The number of anilines is 2. The van der Waals surface area contributed by atoms with Gasteiger partial charge >= 0.3 is 0 Å². The van der Waals surface area contributed by atoms with Gasteiger partial charge in [0.2, 0.25) is 0 Å². The summed E-state index contributed by atoms with van der Waals surface area (Å²) in [5.41, 5.74) is 2.07. The molecule has 112 valence electrons. The summed E-state index contributed by atoms with van der Waals surface area (Å²) in [4.78, 5) is 15.5.